The molecule has 5 nitrogen and oxygen atoms in total. The minimum atomic E-state index is -0.981. The molecular weight excluding hydrogens is 323 g/mol. The highest BCUT2D eigenvalue weighted by Gasteiger charge is 2.41. The van der Waals surface area contributed by atoms with Gasteiger partial charge in [0.05, 0.1) is 12.1 Å². The Balaban J connectivity index is 1.77. The zero-order valence-corrected chi connectivity index (χ0v) is 14.6. The molecular formula is C19H25FN2O3. The monoisotopic (exact) mass is 348 g/mol. The van der Waals surface area contributed by atoms with Crippen LogP contribution in [-0.2, 0) is 9.59 Å². The third-order valence-corrected chi connectivity index (χ3v) is 5.04. The molecule has 2 amide bonds. The molecule has 0 heterocycles. The van der Waals surface area contributed by atoms with Gasteiger partial charge in [0.1, 0.15) is 11.9 Å². The molecule has 0 bridgehead atoms. The molecule has 2 aliphatic carbocycles. The van der Waals surface area contributed by atoms with Gasteiger partial charge in [-0.3, -0.25) is 9.59 Å². The fourth-order valence-electron chi connectivity index (χ4n) is 3.25. The number of halogens is 1. The van der Waals surface area contributed by atoms with Crippen LogP contribution in [-0.4, -0.2) is 41.0 Å². The molecule has 0 aromatic heterocycles. The second-order valence-electron chi connectivity index (χ2n) is 7.28. The number of aliphatic hydroxyl groups is 1. The molecule has 3 atom stereocenters. The van der Waals surface area contributed by atoms with Crippen LogP contribution < -0.4 is 5.32 Å². The molecule has 3 rings (SSSR count). The summed E-state index contributed by atoms with van der Waals surface area (Å²) in [6.07, 6.45) is 2.71. The SMILES string of the molecule is CC(O)C(NC(=O)C1CC1)C(=O)N(C)C(c1ccc(F)cc1)C1CC1. The molecule has 2 aliphatic rings. The van der Waals surface area contributed by atoms with Gasteiger partial charge in [0.2, 0.25) is 11.8 Å². The van der Waals surface area contributed by atoms with Gasteiger partial charge >= 0.3 is 0 Å². The van der Waals surface area contributed by atoms with Crippen molar-refractivity contribution in [2.24, 2.45) is 11.8 Å². The maximum Gasteiger partial charge on any atom is 0.248 e. The first-order valence-corrected chi connectivity index (χ1v) is 8.89. The fourth-order valence-corrected chi connectivity index (χ4v) is 3.25. The zero-order valence-electron chi connectivity index (χ0n) is 14.6. The molecule has 136 valence electrons. The third-order valence-electron chi connectivity index (χ3n) is 5.04. The maximum atomic E-state index is 13.2. The lowest BCUT2D eigenvalue weighted by atomic mass is 9.99. The van der Waals surface area contributed by atoms with E-state index in [4.69, 9.17) is 0 Å². The van der Waals surface area contributed by atoms with Crippen molar-refractivity contribution in [3.63, 3.8) is 0 Å². The summed E-state index contributed by atoms with van der Waals surface area (Å²) in [5.41, 5.74) is 0.873. The number of hydrogen-bond donors (Lipinski definition) is 2. The Hall–Kier alpha value is -1.95. The first-order chi connectivity index (χ1) is 11.9. The Kier molecular flexibility index (Phi) is 5.08. The molecule has 6 heteroatoms. The molecule has 0 radical (unpaired) electrons. The van der Waals surface area contributed by atoms with Crippen LogP contribution in [0.15, 0.2) is 24.3 Å². The first-order valence-electron chi connectivity index (χ1n) is 8.89. The van der Waals surface area contributed by atoms with Crippen molar-refractivity contribution >= 4 is 11.8 Å². The van der Waals surface area contributed by atoms with E-state index in [9.17, 15) is 19.1 Å². The second kappa shape index (κ2) is 7.12. The topological polar surface area (TPSA) is 69.6 Å². The molecule has 25 heavy (non-hydrogen) atoms. The van der Waals surface area contributed by atoms with Crippen LogP contribution in [0, 0.1) is 17.7 Å². The summed E-state index contributed by atoms with van der Waals surface area (Å²) in [5.74, 6) is -0.502. The Labute approximate surface area is 147 Å². The van der Waals surface area contributed by atoms with Gasteiger partial charge in [0.25, 0.3) is 0 Å². The molecule has 0 saturated heterocycles. The zero-order chi connectivity index (χ0) is 18.1. The van der Waals surface area contributed by atoms with E-state index in [2.05, 4.69) is 5.32 Å². The Bertz CT molecular complexity index is 639. The number of carbonyl (C=O) groups is 2. The lowest BCUT2D eigenvalue weighted by molar-refractivity contribution is -0.140. The molecule has 2 saturated carbocycles. The van der Waals surface area contributed by atoms with Gasteiger partial charge in [0, 0.05) is 13.0 Å². The molecule has 0 aliphatic heterocycles. The largest absolute Gasteiger partial charge is 0.391 e. The van der Waals surface area contributed by atoms with Gasteiger partial charge < -0.3 is 15.3 Å². The van der Waals surface area contributed by atoms with Gasteiger partial charge in [-0.2, -0.15) is 0 Å². The molecule has 2 N–H and O–H groups in total. The highest BCUT2D eigenvalue weighted by Crippen LogP contribution is 2.44. The molecule has 0 spiro atoms. The van der Waals surface area contributed by atoms with E-state index in [0.29, 0.717) is 5.92 Å². The molecule has 1 aromatic rings. The summed E-state index contributed by atoms with van der Waals surface area (Å²) in [5, 5.41) is 12.7. The molecule has 1 aromatic carbocycles. The van der Waals surface area contributed by atoms with Crippen LogP contribution in [0.4, 0.5) is 4.39 Å². The normalized spacial score (nSPS) is 20.5. The summed E-state index contributed by atoms with van der Waals surface area (Å²) < 4.78 is 13.2. The second-order valence-corrected chi connectivity index (χ2v) is 7.28. The maximum absolute atomic E-state index is 13.2. The number of nitrogens with one attached hydrogen (secondary N) is 1. The summed E-state index contributed by atoms with van der Waals surface area (Å²) in [6, 6.07) is 5.05. The number of benzene rings is 1. The van der Waals surface area contributed by atoms with E-state index < -0.39 is 12.1 Å². The highest BCUT2D eigenvalue weighted by atomic mass is 19.1. The summed E-state index contributed by atoms with van der Waals surface area (Å²) in [6.45, 7) is 1.51. The van der Waals surface area contributed by atoms with Crippen LogP contribution in [0.3, 0.4) is 0 Å². The highest BCUT2D eigenvalue weighted by molar-refractivity contribution is 5.90. The minimum absolute atomic E-state index is 0.0318. The predicted octanol–water partition coefficient (Wildman–Crippen LogP) is 2.01. The molecule has 2 fully saturated rings. The van der Waals surface area contributed by atoms with Crippen LogP contribution >= 0.6 is 0 Å². The third kappa shape index (κ3) is 4.18. The number of likely N-dealkylation sites (N-methyl/N-ethyl adjacent to an activating group) is 1. The Morgan fingerprint density at radius 1 is 1.20 bits per heavy atom. The average Bonchev–Trinajstić information content (AvgIpc) is 3.46. The summed E-state index contributed by atoms with van der Waals surface area (Å²) in [4.78, 5) is 26.6. The fraction of sp³-hybridized carbons (Fsp3) is 0.579. The van der Waals surface area contributed by atoms with E-state index in [1.54, 1.807) is 24.1 Å². The van der Waals surface area contributed by atoms with Crippen molar-refractivity contribution in [2.75, 3.05) is 7.05 Å². The lowest BCUT2D eigenvalue weighted by Crippen LogP contribution is -2.54. The summed E-state index contributed by atoms with van der Waals surface area (Å²) >= 11 is 0. The van der Waals surface area contributed by atoms with Crippen LogP contribution in [0.2, 0.25) is 0 Å². The van der Waals surface area contributed by atoms with Crippen molar-refractivity contribution in [1.82, 2.24) is 10.2 Å². The minimum Gasteiger partial charge on any atom is -0.391 e. The van der Waals surface area contributed by atoms with Gasteiger partial charge in [-0.05, 0) is 56.2 Å². The van der Waals surface area contributed by atoms with Crippen molar-refractivity contribution in [2.45, 2.75) is 50.8 Å². The van der Waals surface area contributed by atoms with Crippen molar-refractivity contribution in [1.29, 1.82) is 0 Å². The van der Waals surface area contributed by atoms with E-state index in [-0.39, 0.29) is 29.6 Å². The number of hydrogen-bond acceptors (Lipinski definition) is 3. The van der Waals surface area contributed by atoms with E-state index in [1.165, 1.54) is 19.1 Å². The van der Waals surface area contributed by atoms with Crippen LogP contribution in [0.25, 0.3) is 0 Å². The Morgan fingerprint density at radius 2 is 1.80 bits per heavy atom. The lowest BCUT2D eigenvalue weighted by Gasteiger charge is -2.33. The number of rotatable bonds is 7. The van der Waals surface area contributed by atoms with Crippen molar-refractivity contribution in [3.8, 4) is 0 Å². The number of aliphatic hydroxyl groups excluding tert-OH is 1. The van der Waals surface area contributed by atoms with Gasteiger partial charge in [-0.1, -0.05) is 12.1 Å². The predicted molar refractivity (Wildman–Crippen MR) is 91.0 cm³/mol. The number of amides is 2. The number of carbonyl (C=O) groups excluding carboxylic acids is 2. The van der Waals surface area contributed by atoms with Crippen LogP contribution in [0.1, 0.15) is 44.2 Å². The standard InChI is InChI=1S/C19H25FN2O3/c1-11(23)16(21-18(24)14-5-6-14)19(25)22(2)17(12-3-4-12)13-7-9-15(20)10-8-13/h7-12,14,16-17,23H,3-6H2,1-2H3,(H,21,24). The number of nitrogens with zero attached hydrogens (tertiary/aromatic N) is 1. The van der Waals surface area contributed by atoms with Crippen molar-refractivity contribution < 1.29 is 19.1 Å². The summed E-state index contributed by atoms with van der Waals surface area (Å²) in [7, 11) is 1.69. The molecule has 3 unspecified atom stereocenters. The Morgan fingerprint density at radius 3 is 2.28 bits per heavy atom. The first kappa shape index (κ1) is 17.9. The van der Waals surface area contributed by atoms with E-state index >= 15 is 0 Å². The van der Waals surface area contributed by atoms with Gasteiger partial charge in [-0.25, -0.2) is 4.39 Å². The average molecular weight is 348 g/mol. The smallest absolute Gasteiger partial charge is 0.248 e. The van der Waals surface area contributed by atoms with Crippen LogP contribution in [0.5, 0.6) is 0 Å². The van der Waals surface area contributed by atoms with Gasteiger partial charge in [0.15, 0.2) is 0 Å². The van der Waals surface area contributed by atoms with E-state index in [1.807, 2.05) is 0 Å². The van der Waals surface area contributed by atoms with Gasteiger partial charge in [-0.15, -0.1) is 0 Å². The van der Waals surface area contributed by atoms with E-state index in [0.717, 1.165) is 31.2 Å². The quantitative estimate of drug-likeness (QED) is 0.792. The van der Waals surface area contributed by atoms with Crippen molar-refractivity contribution in [3.05, 3.63) is 35.6 Å².